The number of carbonyl (C=O) groups is 1. The zero-order chi connectivity index (χ0) is 19.1. The molecule has 0 aliphatic carbocycles. The van der Waals surface area contributed by atoms with Gasteiger partial charge in [-0.3, -0.25) is 14.2 Å². The number of hydrogen-bond acceptors (Lipinski definition) is 3. The maximum atomic E-state index is 13.1. The fraction of sp³-hybridized carbons (Fsp3) is 0.455. The van der Waals surface area contributed by atoms with Crippen molar-refractivity contribution in [3.8, 4) is 5.69 Å². The highest BCUT2D eigenvalue weighted by Gasteiger charge is 2.41. The number of rotatable bonds is 4. The van der Waals surface area contributed by atoms with Crippen molar-refractivity contribution in [2.75, 3.05) is 0 Å². The second-order valence-electron chi connectivity index (χ2n) is 7.99. The van der Waals surface area contributed by atoms with Crippen molar-refractivity contribution in [2.24, 2.45) is 0 Å². The van der Waals surface area contributed by atoms with E-state index in [0.717, 1.165) is 30.5 Å². The topological polar surface area (TPSA) is 60.3 Å². The first-order chi connectivity index (χ1) is 12.9. The molecular formula is C22H26N2O3. The van der Waals surface area contributed by atoms with Crippen LogP contribution in [0.25, 0.3) is 5.69 Å². The van der Waals surface area contributed by atoms with E-state index in [1.165, 1.54) is 0 Å². The molecular weight excluding hydrogens is 340 g/mol. The lowest BCUT2D eigenvalue weighted by molar-refractivity contribution is 0.0839. The molecule has 1 N–H and O–H groups in total. The van der Waals surface area contributed by atoms with Crippen molar-refractivity contribution >= 4 is 5.91 Å². The Balaban J connectivity index is 1.66. The Morgan fingerprint density at radius 1 is 1.26 bits per heavy atom. The molecule has 3 heterocycles. The summed E-state index contributed by atoms with van der Waals surface area (Å²) < 4.78 is 7.37. The van der Waals surface area contributed by atoms with Gasteiger partial charge in [0.2, 0.25) is 0 Å². The van der Waals surface area contributed by atoms with E-state index >= 15 is 0 Å². The summed E-state index contributed by atoms with van der Waals surface area (Å²) in [5, 5.41) is 3.04. The molecule has 0 saturated carbocycles. The molecule has 4 rings (SSSR count). The molecule has 2 aromatic rings. The van der Waals surface area contributed by atoms with E-state index in [-0.39, 0.29) is 35.3 Å². The second-order valence-corrected chi connectivity index (χ2v) is 7.99. The zero-order valence-electron chi connectivity index (χ0n) is 16.1. The minimum atomic E-state index is -0.298. The second kappa shape index (κ2) is 6.97. The fourth-order valence-corrected chi connectivity index (χ4v) is 4.17. The molecule has 3 atom stereocenters. The van der Waals surface area contributed by atoms with E-state index in [2.05, 4.69) is 25.2 Å². The van der Waals surface area contributed by atoms with E-state index in [1.54, 1.807) is 10.8 Å². The van der Waals surface area contributed by atoms with Crippen molar-refractivity contribution in [3.63, 3.8) is 0 Å². The number of hydrogen-bond donors (Lipinski definition) is 1. The molecule has 2 fully saturated rings. The summed E-state index contributed by atoms with van der Waals surface area (Å²) in [6, 6.07) is 9.74. The van der Waals surface area contributed by atoms with Gasteiger partial charge in [-0.25, -0.2) is 0 Å². The van der Waals surface area contributed by atoms with E-state index in [0.29, 0.717) is 11.5 Å². The molecule has 142 valence electrons. The van der Waals surface area contributed by atoms with Crippen LogP contribution in [0.15, 0.2) is 41.3 Å². The van der Waals surface area contributed by atoms with Crippen LogP contribution in [0, 0.1) is 6.92 Å². The molecule has 2 bridgehead atoms. The number of carbonyl (C=O) groups excluding carboxylic acids is 1. The van der Waals surface area contributed by atoms with Crippen molar-refractivity contribution in [2.45, 2.75) is 64.2 Å². The Morgan fingerprint density at radius 3 is 2.74 bits per heavy atom. The number of aromatic nitrogens is 1. The SMILES string of the molecule is Cc1ccn(-c2cccc(C(C)C)c2)c(=O)c1C(=O)N[C@@H]1C[C@@H]2CC[C@H]1O2. The van der Waals surface area contributed by atoms with Gasteiger partial charge < -0.3 is 10.1 Å². The number of ether oxygens (including phenoxy) is 1. The molecule has 2 saturated heterocycles. The van der Waals surface area contributed by atoms with Crippen LogP contribution in [0.2, 0.25) is 0 Å². The molecule has 0 radical (unpaired) electrons. The molecule has 0 spiro atoms. The molecule has 0 unspecified atom stereocenters. The first-order valence-electron chi connectivity index (χ1n) is 9.73. The van der Waals surface area contributed by atoms with Crippen LogP contribution in [0.3, 0.4) is 0 Å². The summed E-state index contributed by atoms with van der Waals surface area (Å²) in [6.07, 6.45) is 4.98. The highest BCUT2D eigenvalue weighted by molar-refractivity contribution is 5.95. The van der Waals surface area contributed by atoms with Gasteiger partial charge in [-0.2, -0.15) is 0 Å². The van der Waals surface area contributed by atoms with Crippen LogP contribution in [0.1, 0.15) is 60.5 Å². The lowest BCUT2D eigenvalue weighted by atomic mass is 9.95. The summed E-state index contributed by atoms with van der Waals surface area (Å²) in [5.41, 5.74) is 2.57. The van der Waals surface area contributed by atoms with Gasteiger partial charge in [0.1, 0.15) is 5.56 Å². The number of nitrogens with one attached hydrogen (secondary N) is 1. The molecule has 5 heteroatoms. The monoisotopic (exact) mass is 366 g/mol. The number of aryl methyl sites for hydroxylation is 1. The van der Waals surface area contributed by atoms with Crippen LogP contribution >= 0.6 is 0 Å². The van der Waals surface area contributed by atoms with Crippen molar-refractivity contribution in [1.29, 1.82) is 0 Å². The van der Waals surface area contributed by atoms with Crippen LogP contribution in [-0.4, -0.2) is 28.7 Å². The van der Waals surface area contributed by atoms with Crippen LogP contribution in [0.5, 0.6) is 0 Å². The summed E-state index contributed by atoms with van der Waals surface area (Å²) in [4.78, 5) is 26.0. The van der Waals surface area contributed by atoms with Gasteiger partial charge >= 0.3 is 0 Å². The Bertz CT molecular complexity index is 931. The first-order valence-corrected chi connectivity index (χ1v) is 9.73. The largest absolute Gasteiger partial charge is 0.373 e. The van der Waals surface area contributed by atoms with Gasteiger partial charge in [-0.1, -0.05) is 26.0 Å². The predicted octanol–water partition coefficient (Wildman–Crippen LogP) is 3.32. The Kier molecular flexibility index (Phi) is 4.64. The lowest BCUT2D eigenvalue weighted by Gasteiger charge is -2.20. The smallest absolute Gasteiger partial charge is 0.268 e. The van der Waals surface area contributed by atoms with E-state index in [9.17, 15) is 9.59 Å². The van der Waals surface area contributed by atoms with E-state index in [4.69, 9.17) is 4.74 Å². The fourth-order valence-electron chi connectivity index (χ4n) is 4.17. The highest BCUT2D eigenvalue weighted by atomic mass is 16.5. The van der Waals surface area contributed by atoms with Gasteiger partial charge in [-0.15, -0.1) is 0 Å². The number of pyridine rings is 1. The van der Waals surface area contributed by atoms with Crippen LogP contribution in [-0.2, 0) is 4.74 Å². The Morgan fingerprint density at radius 2 is 2.07 bits per heavy atom. The molecule has 2 aliphatic rings. The summed E-state index contributed by atoms with van der Waals surface area (Å²) in [7, 11) is 0. The van der Waals surface area contributed by atoms with Gasteiger partial charge in [0.25, 0.3) is 11.5 Å². The summed E-state index contributed by atoms with van der Waals surface area (Å²) in [6.45, 7) is 6.04. The first kappa shape index (κ1) is 18.0. The van der Waals surface area contributed by atoms with Crippen molar-refractivity contribution < 1.29 is 9.53 Å². The average Bonchev–Trinajstić information content (AvgIpc) is 3.25. The van der Waals surface area contributed by atoms with Crippen LogP contribution < -0.4 is 10.9 Å². The van der Waals surface area contributed by atoms with Crippen molar-refractivity contribution in [1.82, 2.24) is 9.88 Å². The molecule has 1 amide bonds. The normalized spacial score (nSPS) is 23.8. The minimum absolute atomic E-state index is 0.00738. The summed E-state index contributed by atoms with van der Waals surface area (Å²) in [5.74, 6) is 0.0691. The maximum Gasteiger partial charge on any atom is 0.268 e. The number of fused-ring (bicyclic) bond motifs is 2. The summed E-state index contributed by atoms with van der Waals surface area (Å²) >= 11 is 0. The molecule has 1 aromatic heterocycles. The lowest BCUT2D eigenvalue weighted by Crippen LogP contribution is -2.44. The quantitative estimate of drug-likeness (QED) is 0.903. The minimum Gasteiger partial charge on any atom is -0.373 e. The highest BCUT2D eigenvalue weighted by Crippen LogP contribution is 2.34. The number of benzene rings is 1. The van der Waals surface area contributed by atoms with Gasteiger partial charge in [0.05, 0.1) is 18.2 Å². The van der Waals surface area contributed by atoms with Gasteiger partial charge in [0.15, 0.2) is 0 Å². The van der Waals surface area contributed by atoms with Crippen LogP contribution in [0.4, 0.5) is 0 Å². The van der Waals surface area contributed by atoms with Crippen molar-refractivity contribution in [3.05, 3.63) is 63.6 Å². The Hall–Kier alpha value is -2.40. The number of nitrogens with zero attached hydrogens (tertiary/aromatic N) is 1. The standard InChI is InChI=1S/C22H26N2O3/c1-13(2)15-5-4-6-16(11-15)24-10-9-14(3)20(22(24)26)21(25)23-18-12-17-7-8-19(18)27-17/h4-6,9-11,13,17-19H,7-8,12H2,1-3H3,(H,23,25)/t17-,18+,19+/m0/s1. The van der Waals surface area contributed by atoms with Gasteiger partial charge in [0, 0.05) is 11.9 Å². The maximum absolute atomic E-state index is 13.1. The Labute approximate surface area is 159 Å². The van der Waals surface area contributed by atoms with E-state index in [1.807, 2.05) is 31.2 Å². The zero-order valence-corrected chi connectivity index (χ0v) is 16.1. The molecule has 5 nitrogen and oxygen atoms in total. The molecule has 27 heavy (non-hydrogen) atoms. The number of amides is 1. The third kappa shape index (κ3) is 3.32. The molecule has 1 aromatic carbocycles. The third-order valence-electron chi connectivity index (χ3n) is 5.77. The molecule has 2 aliphatic heterocycles. The third-order valence-corrected chi connectivity index (χ3v) is 5.77. The average molecular weight is 366 g/mol. The van der Waals surface area contributed by atoms with Gasteiger partial charge in [-0.05, 0) is 61.4 Å². The van der Waals surface area contributed by atoms with E-state index < -0.39 is 0 Å². The predicted molar refractivity (Wildman–Crippen MR) is 105 cm³/mol.